The van der Waals surface area contributed by atoms with Gasteiger partial charge in [-0.2, -0.15) is 5.10 Å². The lowest BCUT2D eigenvalue weighted by Gasteiger charge is -2.35. The fourth-order valence-electron chi connectivity index (χ4n) is 2.10. The summed E-state index contributed by atoms with van der Waals surface area (Å²) >= 11 is 0. The summed E-state index contributed by atoms with van der Waals surface area (Å²) in [5.74, 6) is 0. The second kappa shape index (κ2) is 4.97. The van der Waals surface area contributed by atoms with Gasteiger partial charge in [0.15, 0.2) is 0 Å². The minimum atomic E-state index is 0.273. The molecule has 0 aromatic carbocycles. The first-order valence-electron chi connectivity index (χ1n) is 6.01. The molecule has 1 aromatic heterocycles. The summed E-state index contributed by atoms with van der Waals surface area (Å²) < 4.78 is 7.81. The van der Waals surface area contributed by atoms with E-state index in [1.165, 1.54) is 5.69 Å². The van der Waals surface area contributed by atoms with Gasteiger partial charge in [0.1, 0.15) is 0 Å². The number of ether oxygens (including phenoxy) is 1. The lowest BCUT2D eigenvalue weighted by atomic mass is 10.2. The molecule has 4 nitrogen and oxygen atoms in total. The molecule has 2 heterocycles. The largest absolute Gasteiger partial charge is 0.374 e. The number of hydrogen-bond donors (Lipinski definition) is 0. The average Bonchev–Trinajstić information content (AvgIpc) is 2.65. The molecule has 1 aliphatic heterocycles. The molecule has 16 heavy (non-hydrogen) atoms. The Labute approximate surface area is 97.2 Å². The van der Waals surface area contributed by atoms with Crippen LogP contribution in [0, 0.1) is 6.92 Å². The molecule has 1 atom stereocenters. The molecule has 0 N–H and O–H groups in total. The molecule has 0 saturated carbocycles. The number of morpholine rings is 1. The summed E-state index contributed by atoms with van der Waals surface area (Å²) in [6, 6.07) is 2.63. The van der Waals surface area contributed by atoms with Gasteiger partial charge in [-0.3, -0.25) is 9.58 Å². The highest BCUT2D eigenvalue weighted by Crippen LogP contribution is 2.11. The van der Waals surface area contributed by atoms with Crippen molar-refractivity contribution in [2.24, 2.45) is 0 Å². The van der Waals surface area contributed by atoms with E-state index in [0.29, 0.717) is 6.04 Å². The highest BCUT2D eigenvalue weighted by Gasteiger charge is 2.22. The fraction of sp³-hybridized carbons (Fsp3) is 0.750. The Morgan fingerprint density at radius 3 is 3.00 bits per heavy atom. The zero-order valence-electron chi connectivity index (χ0n) is 10.4. The monoisotopic (exact) mass is 223 g/mol. The van der Waals surface area contributed by atoms with E-state index in [-0.39, 0.29) is 6.10 Å². The van der Waals surface area contributed by atoms with Crippen molar-refractivity contribution in [2.45, 2.75) is 39.5 Å². The third-order valence-corrected chi connectivity index (χ3v) is 3.21. The maximum atomic E-state index is 5.78. The van der Waals surface area contributed by atoms with Crippen LogP contribution >= 0.6 is 0 Å². The smallest absolute Gasteiger partial charge is 0.0898 e. The van der Waals surface area contributed by atoms with Gasteiger partial charge in [0.05, 0.1) is 19.3 Å². The SMILES string of the molecule is Cc1ccnn1CC1CN(C(C)C)CCO1. The van der Waals surface area contributed by atoms with Crippen LogP contribution in [0.25, 0.3) is 0 Å². The summed E-state index contributed by atoms with van der Waals surface area (Å²) in [4.78, 5) is 2.47. The third kappa shape index (κ3) is 2.62. The molecule has 4 heteroatoms. The van der Waals surface area contributed by atoms with Crippen LogP contribution < -0.4 is 0 Å². The molecule has 1 unspecified atom stereocenters. The number of nitrogens with zero attached hydrogens (tertiary/aromatic N) is 3. The van der Waals surface area contributed by atoms with E-state index in [9.17, 15) is 0 Å². The second-order valence-electron chi connectivity index (χ2n) is 4.74. The van der Waals surface area contributed by atoms with E-state index in [0.717, 1.165) is 26.2 Å². The number of aryl methyl sites for hydroxylation is 1. The van der Waals surface area contributed by atoms with Crippen molar-refractivity contribution in [3.63, 3.8) is 0 Å². The summed E-state index contributed by atoms with van der Waals surface area (Å²) in [5.41, 5.74) is 1.20. The van der Waals surface area contributed by atoms with Crippen LogP contribution in [0.4, 0.5) is 0 Å². The van der Waals surface area contributed by atoms with Gasteiger partial charge in [-0.15, -0.1) is 0 Å². The minimum absolute atomic E-state index is 0.273. The summed E-state index contributed by atoms with van der Waals surface area (Å²) in [5, 5.41) is 4.30. The first-order chi connectivity index (χ1) is 7.66. The molecular formula is C12H21N3O. The van der Waals surface area contributed by atoms with Gasteiger partial charge in [0, 0.05) is 31.0 Å². The van der Waals surface area contributed by atoms with E-state index >= 15 is 0 Å². The number of aromatic nitrogens is 2. The topological polar surface area (TPSA) is 30.3 Å². The molecule has 0 aliphatic carbocycles. The van der Waals surface area contributed by atoms with Crippen molar-refractivity contribution < 1.29 is 4.74 Å². The predicted molar refractivity (Wildman–Crippen MR) is 63.4 cm³/mol. The Kier molecular flexibility index (Phi) is 3.61. The van der Waals surface area contributed by atoms with Gasteiger partial charge in [-0.05, 0) is 26.8 Å². The van der Waals surface area contributed by atoms with Crippen LogP contribution in [-0.4, -0.2) is 46.5 Å². The van der Waals surface area contributed by atoms with E-state index < -0.39 is 0 Å². The first-order valence-corrected chi connectivity index (χ1v) is 6.01. The van der Waals surface area contributed by atoms with Crippen LogP contribution in [0.3, 0.4) is 0 Å². The van der Waals surface area contributed by atoms with E-state index in [2.05, 4.69) is 30.8 Å². The van der Waals surface area contributed by atoms with Crippen molar-refractivity contribution in [3.05, 3.63) is 18.0 Å². The Morgan fingerprint density at radius 1 is 1.56 bits per heavy atom. The van der Waals surface area contributed by atoms with Crippen molar-refractivity contribution in [1.82, 2.24) is 14.7 Å². The van der Waals surface area contributed by atoms with Gasteiger partial charge < -0.3 is 4.74 Å². The number of rotatable bonds is 3. The molecule has 1 fully saturated rings. The summed E-state index contributed by atoms with van der Waals surface area (Å²) in [7, 11) is 0. The van der Waals surface area contributed by atoms with E-state index in [4.69, 9.17) is 4.74 Å². The molecule has 2 rings (SSSR count). The van der Waals surface area contributed by atoms with Crippen LogP contribution in [-0.2, 0) is 11.3 Å². The standard InChI is InChI=1S/C12H21N3O/c1-10(2)14-6-7-16-12(8-14)9-15-11(3)4-5-13-15/h4-5,10,12H,6-9H2,1-3H3. The Bertz CT molecular complexity index is 335. The average molecular weight is 223 g/mol. The zero-order valence-corrected chi connectivity index (χ0v) is 10.4. The zero-order chi connectivity index (χ0) is 11.5. The molecule has 0 spiro atoms. The molecule has 0 radical (unpaired) electrons. The van der Waals surface area contributed by atoms with Crippen LogP contribution in [0.15, 0.2) is 12.3 Å². The maximum Gasteiger partial charge on any atom is 0.0898 e. The minimum Gasteiger partial charge on any atom is -0.374 e. The van der Waals surface area contributed by atoms with Gasteiger partial charge in [-0.1, -0.05) is 0 Å². The molecule has 0 bridgehead atoms. The first kappa shape index (κ1) is 11.6. The molecule has 1 saturated heterocycles. The van der Waals surface area contributed by atoms with Gasteiger partial charge in [0.2, 0.25) is 0 Å². The second-order valence-corrected chi connectivity index (χ2v) is 4.74. The highest BCUT2D eigenvalue weighted by atomic mass is 16.5. The van der Waals surface area contributed by atoms with Crippen LogP contribution in [0.1, 0.15) is 19.5 Å². The highest BCUT2D eigenvalue weighted by molar-refractivity contribution is 4.97. The van der Waals surface area contributed by atoms with Crippen molar-refractivity contribution in [2.75, 3.05) is 19.7 Å². The van der Waals surface area contributed by atoms with E-state index in [1.807, 2.05) is 16.9 Å². The number of hydrogen-bond acceptors (Lipinski definition) is 3. The lowest BCUT2D eigenvalue weighted by Crippen LogP contribution is -2.47. The van der Waals surface area contributed by atoms with Crippen LogP contribution in [0.2, 0.25) is 0 Å². The van der Waals surface area contributed by atoms with Crippen molar-refractivity contribution in [3.8, 4) is 0 Å². The normalized spacial score (nSPS) is 22.9. The molecule has 0 amide bonds. The Hall–Kier alpha value is -0.870. The molecule has 1 aromatic rings. The maximum absolute atomic E-state index is 5.78. The predicted octanol–water partition coefficient (Wildman–Crippen LogP) is 1.30. The fourth-order valence-corrected chi connectivity index (χ4v) is 2.10. The van der Waals surface area contributed by atoms with Gasteiger partial charge >= 0.3 is 0 Å². The molecule has 90 valence electrons. The van der Waals surface area contributed by atoms with Gasteiger partial charge in [0.25, 0.3) is 0 Å². The van der Waals surface area contributed by atoms with Gasteiger partial charge in [-0.25, -0.2) is 0 Å². The molecule has 1 aliphatic rings. The Morgan fingerprint density at radius 2 is 2.38 bits per heavy atom. The Balaban J connectivity index is 1.93. The van der Waals surface area contributed by atoms with Crippen molar-refractivity contribution in [1.29, 1.82) is 0 Å². The molecular weight excluding hydrogens is 202 g/mol. The van der Waals surface area contributed by atoms with Crippen LogP contribution in [0.5, 0.6) is 0 Å². The lowest BCUT2D eigenvalue weighted by molar-refractivity contribution is -0.0471. The third-order valence-electron chi connectivity index (χ3n) is 3.21. The van der Waals surface area contributed by atoms with E-state index in [1.54, 1.807) is 0 Å². The quantitative estimate of drug-likeness (QED) is 0.774. The summed E-state index contributed by atoms with van der Waals surface area (Å²) in [6.07, 6.45) is 2.12. The summed E-state index contributed by atoms with van der Waals surface area (Å²) in [6.45, 7) is 10.3. The van der Waals surface area contributed by atoms with Crippen molar-refractivity contribution >= 4 is 0 Å².